The van der Waals surface area contributed by atoms with Crippen molar-refractivity contribution in [1.29, 1.82) is 0 Å². The van der Waals surface area contributed by atoms with E-state index in [9.17, 15) is 5.11 Å². The second-order valence-corrected chi connectivity index (χ2v) is 8.52. The molecule has 0 amide bonds. The third-order valence-electron chi connectivity index (χ3n) is 6.13. The summed E-state index contributed by atoms with van der Waals surface area (Å²) in [6, 6.07) is 6.12. The Morgan fingerprint density at radius 1 is 1.09 bits per heavy atom. The summed E-state index contributed by atoms with van der Waals surface area (Å²) in [6.07, 6.45) is 6.06. The van der Waals surface area contributed by atoms with Gasteiger partial charge in [0.25, 0.3) is 0 Å². The molecule has 0 spiro atoms. The number of piperazine rings is 1. The number of methoxy groups -OCH3 is 1. The molecule has 0 saturated carbocycles. The molecule has 1 fully saturated rings. The number of rotatable bonds is 12. The Kier molecular flexibility index (Phi) is 11.5. The van der Waals surface area contributed by atoms with E-state index in [1.165, 1.54) is 24.8 Å². The highest BCUT2D eigenvalue weighted by atomic mass is 35.5. The zero-order chi connectivity index (χ0) is 22.1. The van der Waals surface area contributed by atoms with Gasteiger partial charge in [0.05, 0.1) is 31.0 Å². The fourth-order valence-electron chi connectivity index (χ4n) is 4.20. The highest BCUT2D eigenvalue weighted by molar-refractivity contribution is 5.93. The normalized spacial score (nSPS) is 16.0. The highest BCUT2D eigenvalue weighted by Gasteiger charge is 2.18. The number of anilines is 1. The van der Waals surface area contributed by atoms with Crippen molar-refractivity contribution in [2.24, 2.45) is 0 Å². The van der Waals surface area contributed by atoms with E-state index in [1.807, 2.05) is 18.3 Å². The first-order valence-corrected chi connectivity index (χ1v) is 11.5. The maximum absolute atomic E-state index is 9.56. The Balaban J connectivity index is 0.00000363. The minimum absolute atomic E-state index is 0. The second-order valence-electron chi connectivity index (χ2n) is 8.52. The van der Waals surface area contributed by atoms with Gasteiger partial charge < -0.3 is 25.2 Å². The average molecular weight is 467 g/mol. The predicted octanol–water partition coefficient (Wildman–Crippen LogP) is 2.92. The number of aryl methyl sites for hydroxylation is 1. The summed E-state index contributed by atoms with van der Waals surface area (Å²) in [5, 5.41) is 23.2. The number of benzene rings is 1. The van der Waals surface area contributed by atoms with E-state index in [0.717, 1.165) is 68.0 Å². The summed E-state index contributed by atoms with van der Waals surface area (Å²) in [4.78, 5) is 9.32. The standard InChI is InChI=1S/C24H38N4O3.ClH/c1-19-7-9-26-24-22(19)15-21(31-2)16-23(24)25-8-5-3-4-6-10-27-11-13-28(14-12-27)17-20(30)18-29;/h7,9,15-16,20,25,29-30H,3-6,8,10-14,17-18H2,1-2H3;1H. The monoisotopic (exact) mass is 466 g/mol. The van der Waals surface area contributed by atoms with Gasteiger partial charge in [0, 0.05) is 56.9 Å². The van der Waals surface area contributed by atoms with Crippen LogP contribution >= 0.6 is 12.4 Å². The van der Waals surface area contributed by atoms with Crippen molar-refractivity contribution in [2.75, 3.05) is 64.8 Å². The molecule has 1 atom stereocenters. The van der Waals surface area contributed by atoms with Gasteiger partial charge in [0.2, 0.25) is 0 Å². The number of aliphatic hydroxyl groups is 2. The maximum atomic E-state index is 9.56. The minimum Gasteiger partial charge on any atom is -0.497 e. The number of ether oxygens (including phenoxy) is 1. The van der Waals surface area contributed by atoms with Crippen molar-refractivity contribution in [3.05, 3.63) is 30.0 Å². The van der Waals surface area contributed by atoms with Crippen LogP contribution in [0.25, 0.3) is 10.9 Å². The number of β-amino-alcohol motifs (C(OH)–C–C–N with tert-alkyl or cyclic N) is 1. The zero-order valence-corrected chi connectivity index (χ0v) is 20.2. The van der Waals surface area contributed by atoms with Crippen LogP contribution in [-0.2, 0) is 0 Å². The molecular formula is C24H39ClN4O3. The highest BCUT2D eigenvalue weighted by Crippen LogP contribution is 2.29. The molecular weight excluding hydrogens is 428 g/mol. The maximum Gasteiger partial charge on any atom is 0.121 e. The van der Waals surface area contributed by atoms with E-state index in [1.54, 1.807) is 7.11 Å². The minimum atomic E-state index is -0.616. The zero-order valence-electron chi connectivity index (χ0n) is 19.4. The number of hydrogen-bond acceptors (Lipinski definition) is 7. The lowest BCUT2D eigenvalue weighted by molar-refractivity contribution is 0.0393. The Morgan fingerprint density at radius 2 is 1.81 bits per heavy atom. The van der Waals surface area contributed by atoms with Crippen molar-refractivity contribution >= 4 is 29.0 Å². The van der Waals surface area contributed by atoms with Gasteiger partial charge in [-0.05, 0) is 44.0 Å². The van der Waals surface area contributed by atoms with E-state index in [2.05, 4.69) is 33.1 Å². The summed E-state index contributed by atoms with van der Waals surface area (Å²) in [7, 11) is 1.70. The topological polar surface area (TPSA) is 81.1 Å². The second kappa shape index (κ2) is 13.8. The fourth-order valence-corrected chi connectivity index (χ4v) is 4.20. The van der Waals surface area contributed by atoms with E-state index < -0.39 is 6.10 Å². The van der Waals surface area contributed by atoms with Crippen LogP contribution in [0.2, 0.25) is 0 Å². The lowest BCUT2D eigenvalue weighted by Gasteiger charge is -2.35. The fraction of sp³-hybridized carbons (Fsp3) is 0.625. The van der Waals surface area contributed by atoms with Gasteiger partial charge in [-0.3, -0.25) is 9.88 Å². The van der Waals surface area contributed by atoms with Crippen LogP contribution in [0.15, 0.2) is 24.4 Å². The Labute approximate surface area is 198 Å². The van der Waals surface area contributed by atoms with Crippen LogP contribution < -0.4 is 10.1 Å². The lowest BCUT2D eigenvalue weighted by atomic mass is 10.1. The van der Waals surface area contributed by atoms with Crippen molar-refractivity contribution in [3.8, 4) is 5.75 Å². The van der Waals surface area contributed by atoms with Gasteiger partial charge in [0.15, 0.2) is 0 Å². The van der Waals surface area contributed by atoms with Crippen molar-refractivity contribution in [2.45, 2.75) is 38.7 Å². The van der Waals surface area contributed by atoms with Crippen LogP contribution in [0.1, 0.15) is 31.2 Å². The summed E-state index contributed by atoms with van der Waals surface area (Å²) in [5.41, 5.74) is 3.26. The molecule has 0 bridgehead atoms. The van der Waals surface area contributed by atoms with Crippen LogP contribution in [-0.4, -0.2) is 90.6 Å². The number of nitrogens with zero attached hydrogens (tertiary/aromatic N) is 3. The Morgan fingerprint density at radius 3 is 2.53 bits per heavy atom. The van der Waals surface area contributed by atoms with Crippen molar-refractivity contribution in [3.63, 3.8) is 0 Å². The smallest absolute Gasteiger partial charge is 0.121 e. The third-order valence-corrected chi connectivity index (χ3v) is 6.13. The number of pyridine rings is 1. The number of nitrogens with one attached hydrogen (secondary N) is 1. The summed E-state index contributed by atoms with van der Waals surface area (Å²) >= 11 is 0. The van der Waals surface area contributed by atoms with Gasteiger partial charge in [-0.15, -0.1) is 12.4 Å². The molecule has 0 radical (unpaired) electrons. The predicted molar refractivity (Wildman–Crippen MR) is 133 cm³/mol. The molecule has 2 aromatic rings. The Hall–Kier alpha value is -1.64. The van der Waals surface area contributed by atoms with Crippen molar-refractivity contribution in [1.82, 2.24) is 14.8 Å². The molecule has 32 heavy (non-hydrogen) atoms. The van der Waals surface area contributed by atoms with E-state index in [0.29, 0.717) is 6.54 Å². The molecule has 2 heterocycles. The number of fused-ring (bicyclic) bond motifs is 1. The lowest BCUT2D eigenvalue weighted by Crippen LogP contribution is -2.49. The average Bonchev–Trinajstić information content (AvgIpc) is 2.79. The summed E-state index contributed by atoms with van der Waals surface area (Å²) in [6.45, 7) is 8.66. The SMILES string of the molecule is COc1cc(NCCCCCCN2CCN(CC(O)CO)CC2)c2nccc(C)c2c1.Cl. The van der Waals surface area contributed by atoms with Crippen LogP contribution in [0, 0.1) is 6.92 Å². The number of unbranched alkanes of at least 4 members (excludes halogenated alkanes) is 3. The Bertz CT molecular complexity index is 815. The molecule has 1 aromatic heterocycles. The molecule has 7 nitrogen and oxygen atoms in total. The van der Waals surface area contributed by atoms with Gasteiger partial charge in [0.1, 0.15) is 5.75 Å². The van der Waals surface area contributed by atoms with Gasteiger partial charge in [-0.25, -0.2) is 0 Å². The molecule has 1 saturated heterocycles. The van der Waals surface area contributed by atoms with Crippen LogP contribution in [0.5, 0.6) is 5.75 Å². The van der Waals surface area contributed by atoms with E-state index >= 15 is 0 Å². The van der Waals surface area contributed by atoms with Crippen LogP contribution in [0.3, 0.4) is 0 Å². The van der Waals surface area contributed by atoms with Crippen LogP contribution in [0.4, 0.5) is 5.69 Å². The van der Waals surface area contributed by atoms with Gasteiger partial charge in [-0.1, -0.05) is 12.8 Å². The number of hydrogen-bond donors (Lipinski definition) is 3. The summed E-state index contributed by atoms with van der Waals surface area (Å²) in [5.74, 6) is 0.858. The molecule has 180 valence electrons. The van der Waals surface area contributed by atoms with Crippen molar-refractivity contribution < 1.29 is 14.9 Å². The number of aromatic nitrogens is 1. The quantitative estimate of drug-likeness (QED) is 0.415. The largest absolute Gasteiger partial charge is 0.497 e. The molecule has 1 aromatic carbocycles. The number of aliphatic hydroxyl groups excluding tert-OH is 2. The molecule has 3 N–H and O–H groups in total. The van der Waals surface area contributed by atoms with Gasteiger partial charge in [-0.2, -0.15) is 0 Å². The molecule has 1 aliphatic rings. The van der Waals surface area contributed by atoms with Gasteiger partial charge >= 0.3 is 0 Å². The van der Waals surface area contributed by atoms with E-state index in [-0.39, 0.29) is 19.0 Å². The first-order valence-electron chi connectivity index (χ1n) is 11.5. The first kappa shape index (κ1) is 26.6. The third kappa shape index (κ3) is 7.74. The first-order chi connectivity index (χ1) is 15.1. The van der Waals surface area contributed by atoms with E-state index in [4.69, 9.17) is 9.84 Å². The molecule has 0 aliphatic carbocycles. The summed E-state index contributed by atoms with van der Waals surface area (Å²) < 4.78 is 5.47. The number of halogens is 1. The molecule has 1 unspecified atom stereocenters. The molecule has 3 rings (SSSR count). The molecule has 8 heteroatoms. The molecule has 1 aliphatic heterocycles.